The highest BCUT2D eigenvalue weighted by Gasteiger charge is 2.14. The van der Waals surface area contributed by atoms with E-state index in [1.807, 2.05) is 29.2 Å². The van der Waals surface area contributed by atoms with Crippen LogP contribution in [0.1, 0.15) is 45.2 Å². The van der Waals surface area contributed by atoms with E-state index >= 15 is 0 Å². The van der Waals surface area contributed by atoms with Gasteiger partial charge in [-0.05, 0) is 31.9 Å². The molecule has 0 atom stereocenters. The van der Waals surface area contributed by atoms with Gasteiger partial charge in [-0.25, -0.2) is 0 Å². The number of hydrogen-bond donors (Lipinski definition) is 0. The van der Waals surface area contributed by atoms with Crippen molar-refractivity contribution in [2.45, 2.75) is 39.7 Å². The highest BCUT2D eigenvalue weighted by Crippen LogP contribution is 2.28. The highest BCUT2D eigenvalue weighted by atomic mass is 15.3. The molecule has 2 rings (SSSR count). The van der Waals surface area contributed by atoms with E-state index in [1.54, 1.807) is 0 Å². The molecular formula is C14H19N3. The minimum atomic E-state index is 0.392. The average molecular weight is 229 g/mol. The van der Waals surface area contributed by atoms with E-state index in [1.165, 1.54) is 5.56 Å². The van der Waals surface area contributed by atoms with E-state index in [-0.39, 0.29) is 0 Å². The summed E-state index contributed by atoms with van der Waals surface area (Å²) in [5, 5.41) is 4.69. The lowest BCUT2D eigenvalue weighted by Gasteiger charge is -2.04. The Balaban J connectivity index is 2.52. The number of hydrogen-bond acceptors (Lipinski definition) is 2. The van der Waals surface area contributed by atoms with Crippen LogP contribution in [-0.4, -0.2) is 14.8 Å². The van der Waals surface area contributed by atoms with Crippen molar-refractivity contribution in [3.63, 3.8) is 0 Å². The van der Waals surface area contributed by atoms with Crippen molar-refractivity contribution in [1.29, 1.82) is 0 Å². The first kappa shape index (κ1) is 11.8. The molecule has 0 aromatic carbocycles. The first-order chi connectivity index (χ1) is 8.09. The van der Waals surface area contributed by atoms with Gasteiger partial charge in [0.05, 0.1) is 5.69 Å². The summed E-state index contributed by atoms with van der Waals surface area (Å²) >= 11 is 0. The molecule has 2 heterocycles. The van der Waals surface area contributed by atoms with Gasteiger partial charge in [-0.15, -0.1) is 0 Å². The maximum absolute atomic E-state index is 4.69. The van der Waals surface area contributed by atoms with Gasteiger partial charge in [0.1, 0.15) is 0 Å². The third kappa shape index (κ3) is 2.38. The van der Waals surface area contributed by atoms with Gasteiger partial charge >= 0.3 is 0 Å². The molecule has 0 aliphatic heterocycles. The lowest BCUT2D eigenvalue weighted by molar-refractivity contribution is 0.533. The molecule has 0 spiro atoms. The molecule has 0 aliphatic carbocycles. The van der Waals surface area contributed by atoms with Gasteiger partial charge in [0.25, 0.3) is 0 Å². The first-order valence-electron chi connectivity index (χ1n) is 6.09. The van der Waals surface area contributed by atoms with Gasteiger partial charge in [-0.2, -0.15) is 5.10 Å². The third-order valence-corrected chi connectivity index (χ3v) is 2.87. The molecule has 2 aromatic heterocycles. The second kappa shape index (κ2) is 4.70. The molecule has 0 saturated carbocycles. The molecule has 90 valence electrons. The summed E-state index contributed by atoms with van der Waals surface area (Å²) in [4.78, 5) is 4.05. The molecule has 0 unspecified atom stereocenters. The maximum Gasteiger partial charge on any atom is 0.0958 e. The minimum absolute atomic E-state index is 0.392. The highest BCUT2D eigenvalue weighted by molar-refractivity contribution is 5.62. The Morgan fingerprint density at radius 1 is 1.06 bits per heavy atom. The van der Waals surface area contributed by atoms with Crippen molar-refractivity contribution in [1.82, 2.24) is 14.8 Å². The second-order valence-corrected chi connectivity index (χ2v) is 4.90. The molecule has 0 N–H and O–H groups in total. The molecule has 0 saturated heterocycles. The Morgan fingerprint density at radius 2 is 1.71 bits per heavy atom. The smallest absolute Gasteiger partial charge is 0.0958 e. The summed E-state index contributed by atoms with van der Waals surface area (Å²) in [6.45, 7) is 8.69. The predicted octanol–water partition coefficient (Wildman–Crippen LogP) is 3.65. The molecule has 0 aliphatic rings. The minimum Gasteiger partial charge on any atom is -0.269 e. The zero-order valence-corrected chi connectivity index (χ0v) is 10.9. The van der Waals surface area contributed by atoms with Crippen LogP contribution in [0.3, 0.4) is 0 Å². The van der Waals surface area contributed by atoms with Crippen LogP contribution in [0.2, 0.25) is 0 Å². The number of aromatic nitrogens is 3. The predicted molar refractivity (Wildman–Crippen MR) is 69.9 cm³/mol. The van der Waals surface area contributed by atoms with Crippen molar-refractivity contribution in [2.24, 2.45) is 0 Å². The summed E-state index contributed by atoms with van der Waals surface area (Å²) in [6.07, 6.45) is 5.78. The van der Waals surface area contributed by atoms with Crippen molar-refractivity contribution >= 4 is 0 Å². The van der Waals surface area contributed by atoms with Gasteiger partial charge in [0, 0.05) is 35.8 Å². The van der Waals surface area contributed by atoms with Gasteiger partial charge in [0.15, 0.2) is 0 Å². The Kier molecular flexibility index (Phi) is 3.27. The Labute approximate surface area is 103 Å². The van der Waals surface area contributed by atoms with Gasteiger partial charge in [-0.3, -0.25) is 9.67 Å². The normalized spacial score (nSPS) is 11.4. The van der Waals surface area contributed by atoms with Crippen LogP contribution in [0.4, 0.5) is 0 Å². The summed E-state index contributed by atoms with van der Waals surface area (Å²) in [5.41, 5.74) is 3.52. The fourth-order valence-electron chi connectivity index (χ4n) is 1.83. The van der Waals surface area contributed by atoms with Crippen molar-refractivity contribution < 1.29 is 0 Å². The Bertz CT molecular complexity index is 483. The third-order valence-electron chi connectivity index (χ3n) is 2.87. The fraction of sp³-hybridized carbons (Fsp3) is 0.429. The largest absolute Gasteiger partial charge is 0.269 e. The maximum atomic E-state index is 4.69. The summed E-state index contributed by atoms with van der Waals surface area (Å²) in [6, 6.07) is 4.42. The molecule has 0 bridgehead atoms. The molecule has 0 fully saturated rings. The zero-order chi connectivity index (χ0) is 12.4. The van der Waals surface area contributed by atoms with Crippen LogP contribution in [0.5, 0.6) is 0 Å². The van der Waals surface area contributed by atoms with E-state index < -0.39 is 0 Å². The molecular weight excluding hydrogens is 210 g/mol. The van der Waals surface area contributed by atoms with Gasteiger partial charge in [0.2, 0.25) is 0 Å². The van der Waals surface area contributed by atoms with E-state index in [9.17, 15) is 0 Å². The van der Waals surface area contributed by atoms with Crippen LogP contribution in [0.25, 0.3) is 11.3 Å². The van der Waals surface area contributed by atoms with E-state index in [0.29, 0.717) is 12.0 Å². The number of pyridine rings is 1. The van der Waals surface area contributed by atoms with Crippen LogP contribution in [-0.2, 0) is 0 Å². The lowest BCUT2D eigenvalue weighted by atomic mass is 10.0. The fourth-order valence-corrected chi connectivity index (χ4v) is 1.83. The van der Waals surface area contributed by atoms with Gasteiger partial charge < -0.3 is 0 Å². The molecule has 2 aromatic rings. The molecule has 3 nitrogen and oxygen atoms in total. The lowest BCUT2D eigenvalue weighted by Crippen LogP contribution is -2.00. The van der Waals surface area contributed by atoms with E-state index in [2.05, 4.69) is 38.9 Å². The molecule has 17 heavy (non-hydrogen) atoms. The second-order valence-electron chi connectivity index (χ2n) is 4.90. The molecule has 0 amide bonds. The van der Waals surface area contributed by atoms with Crippen LogP contribution in [0.15, 0.2) is 30.7 Å². The number of nitrogens with zero attached hydrogens (tertiary/aromatic N) is 3. The number of rotatable bonds is 3. The standard InChI is InChI=1S/C14H19N3/c1-10(2)13-9-17(11(3)4)16-14(13)12-5-7-15-8-6-12/h5-11H,1-4H3. The van der Waals surface area contributed by atoms with Crippen molar-refractivity contribution in [3.05, 3.63) is 36.3 Å². The van der Waals surface area contributed by atoms with Crippen LogP contribution in [0, 0.1) is 0 Å². The summed E-state index contributed by atoms with van der Waals surface area (Å²) in [7, 11) is 0. The average Bonchev–Trinajstić information content (AvgIpc) is 2.75. The summed E-state index contributed by atoms with van der Waals surface area (Å²) in [5.74, 6) is 0.477. The SMILES string of the molecule is CC(C)c1cn(C(C)C)nc1-c1ccncc1. The first-order valence-corrected chi connectivity index (χ1v) is 6.09. The quantitative estimate of drug-likeness (QED) is 0.804. The van der Waals surface area contributed by atoms with Crippen molar-refractivity contribution in [2.75, 3.05) is 0 Å². The Morgan fingerprint density at radius 3 is 2.24 bits per heavy atom. The van der Waals surface area contributed by atoms with E-state index in [0.717, 1.165) is 11.3 Å². The van der Waals surface area contributed by atoms with Crippen molar-refractivity contribution in [3.8, 4) is 11.3 Å². The topological polar surface area (TPSA) is 30.7 Å². The van der Waals surface area contributed by atoms with Gasteiger partial charge in [-0.1, -0.05) is 13.8 Å². The van der Waals surface area contributed by atoms with E-state index in [4.69, 9.17) is 5.10 Å². The molecule has 3 heteroatoms. The molecule has 0 radical (unpaired) electrons. The van der Waals surface area contributed by atoms with Crippen LogP contribution >= 0.6 is 0 Å². The summed E-state index contributed by atoms with van der Waals surface area (Å²) < 4.78 is 2.03. The van der Waals surface area contributed by atoms with Crippen LogP contribution < -0.4 is 0 Å². The zero-order valence-electron chi connectivity index (χ0n) is 10.9. The Hall–Kier alpha value is -1.64. The monoisotopic (exact) mass is 229 g/mol.